The number of benzene rings is 2. The van der Waals surface area contributed by atoms with Crippen molar-refractivity contribution in [3.8, 4) is 0 Å². The minimum atomic E-state index is -0.294. The van der Waals surface area contributed by atoms with Gasteiger partial charge in [-0.2, -0.15) is 0 Å². The standard InChI is InChI=1S/C18H13FN2OS2/c19-12-4-3-7-14-11(12)10-16(23-14)18(22)20-9-8-17-21-13-5-1-2-6-15(13)24-17/h1-7,10H,8-9H2,(H,20,22). The molecule has 0 atom stereocenters. The fourth-order valence-electron chi connectivity index (χ4n) is 2.53. The summed E-state index contributed by atoms with van der Waals surface area (Å²) in [6.45, 7) is 0.509. The van der Waals surface area contributed by atoms with Crippen molar-refractivity contribution in [2.45, 2.75) is 6.42 Å². The Kier molecular flexibility index (Phi) is 4.00. The Morgan fingerprint density at radius 2 is 1.92 bits per heavy atom. The van der Waals surface area contributed by atoms with Crippen LogP contribution in [-0.4, -0.2) is 17.4 Å². The van der Waals surface area contributed by atoms with Gasteiger partial charge in [0.15, 0.2) is 0 Å². The minimum Gasteiger partial charge on any atom is -0.351 e. The smallest absolute Gasteiger partial charge is 0.261 e. The van der Waals surface area contributed by atoms with Crippen molar-refractivity contribution >= 4 is 48.9 Å². The van der Waals surface area contributed by atoms with Crippen LogP contribution in [0, 0.1) is 5.82 Å². The zero-order valence-corrected chi connectivity index (χ0v) is 14.2. The van der Waals surface area contributed by atoms with E-state index < -0.39 is 0 Å². The van der Waals surface area contributed by atoms with Gasteiger partial charge in [-0.25, -0.2) is 9.37 Å². The summed E-state index contributed by atoms with van der Waals surface area (Å²) in [5, 5.41) is 4.39. The third kappa shape index (κ3) is 2.90. The van der Waals surface area contributed by atoms with Gasteiger partial charge < -0.3 is 5.32 Å². The van der Waals surface area contributed by atoms with Gasteiger partial charge >= 0.3 is 0 Å². The number of hydrogen-bond acceptors (Lipinski definition) is 4. The van der Waals surface area contributed by atoms with Crippen molar-refractivity contribution < 1.29 is 9.18 Å². The molecule has 0 aliphatic rings. The molecule has 0 spiro atoms. The summed E-state index contributed by atoms with van der Waals surface area (Å²) in [4.78, 5) is 17.3. The molecular formula is C18H13FN2OS2. The molecule has 6 heteroatoms. The first-order valence-corrected chi connectivity index (χ1v) is 9.15. The van der Waals surface area contributed by atoms with Gasteiger partial charge in [0.2, 0.25) is 0 Å². The Balaban J connectivity index is 1.43. The van der Waals surface area contributed by atoms with Gasteiger partial charge in [-0.1, -0.05) is 18.2 Å². The zero-order chi connectivity index (χ0) is 16.5. The number of hydrogen-bond donors (Lipinski definition) is 1. The Hall–Kier alpha value is -2.31. The van der Waals surface area contributed by atoms with Crippen molar-refractivity contribution in [1.82, 2.24) is 10.3 Å². The van der Waals surface area contributed by atoms with Crippen LogP contribution in [0.25, 0.3) is 20.3 Å². The Labute approximate surface area is 145 Å². The predicted molar refractivity (Wildman–Crippen MR) is 97.4 cm³/mol. The van der Waals surface area contributed by atoms with Crippen LogP contribution in [0.1, 0.15) is 14.7 Å². The molecular weight excluding hydrogens is 343 g/mol. The Morgan fingerprint density at radius 3 is 2.75 bits per heavy atom. The van der Waals surface area contributed by atoms with E-state index in [1.807, 2.05) is 30.3 Å². The lowest BCUT2D eigenvalue weighted by Crippen LogP contribution is -2.24. The number of amides is 1. The maximum Gasteiger partial charge on any atom is 0.261 e. The number of thiazole rings is 1. The van der Waals surface area contributed by atoms with Crippen molar-refractivity contribution in [2.24, 2.45) is 0 Å². The normalized spacial score (nSPS) is 11.2. The van der Waals surface area contributed by atoms with E-state index in [9.17, 15) is 9.18 Å². The van der Waals surface area contributed by atoms with Gasteiger partial charge in [-0.15, -0.1) is 22.7 Å². The van der Waals surface area contributed by atoms with Gasteiger partial charge in [-0.05, 0) is 30.3 Å². The van der Waals surface area contributed by atoms with E-state index in [0.29, 0.717) is 23.2 Å². The van der Waals surface area contributed by atoms with Crippen LogP contribution in [0.2, 0.25) is 0 Å². The summed E-state index contributed by atoms with van der Waals surface area (Å²) in [5.74, 6) is -0.464. The van der Waals surface area contributed by atoms with Crippen molar-refractivity contribution in [3.05, 3.63) is 64.2 Å². The van der Waals surface area contributed by atoms with Crippen LogP contribution in [0.5, 0.6) is 0 Å². The predicted octanol–water partition coefficient (Wildman–Crippen LogP) is 4.62. The number of carbonyl (C=O) groups is 1. The molecule has 2 heterocycles. The number of para-hydroxylation sites is 1. The van der Waals surface area contributed by atoms with Crippen molar-refractivity contribution in [3.63, 3.8) is 0 Å². The van der Waals surface area contributed by atoms with Gasteiger partial charge in [0.05, 0.1) is 20.1 Å². The Morgan fingerprint density at radius 1 is 1.08 bits per heavy atom. The SMILES string of the molecule is O=C(NCCc1nc2ccccc2s1)c1cc2c(F)cccc2s1. The minimum absolute atomic E-state index is 0.170. The summed E-state index contributed by atoms with van der Waals surface area (Å²) in [7, 11) is 0. The summed E-state index contributed by atoms with van der Waals surface area (Å²) in [6, 6.07) is 14.5. The first-order chi connectivity index (χ1) is 11.7. The second-order valence-corrected chi connectivity index (χ2v) is 7.54. The van der Waals surface area contributed by atoms with Crippen LogP contribution < -0.4 is 5.32 Å². The fourth-order valence-corrected chi connectivity index (χ4v) is 4.49. The highest BCUT2D eigenvalue weighted by molar-refractivity contribution is 7.20. The quantitative estimate of drug-likeness (QED) is 0.580. The van der Waals surface area contributed by atoms with E-state index >= 15 is 0 Å². The van der Waals surface area contributed by atoms with E-state index in [-0.39, 0.29) is 11.7 Å². The zero-order valence-electron chi connectivity index (χ0n) is 12.6. The molecule has 0 aliphatic carbocycles. The molecule has 4 aromatic rings. The molecule has 2 aromatic carbocycles. The van der Waals surface area contributed by atoms with Gasteiger partial charge in [0, 0.05) is 23.1 Å². The van der Waals surface area contributed by atoms with Crippen LogP contribution in [0.15, 0.2) is 48.5 Å². The lowest BCUT2D eigenvalue weighted by molar-refractivity contribution is 0.0958. The molecule has 120 valence electrons. The number of nitrogens with one attached hydrogen (secondary N) is 1. The van der Waals surface area contributed by atoms with Gasteiger partial charge in [0.25, 0.3) is 5.91 Å². The number of fused-ring (bicyclic) bond motifs is 2. The molecule has 1 amide bonds. The number of thiophene rings is 1. The van der Waals surface area contributed by atoms with Crippen LogP contribution in [0.3, 0.4) is 0 Å². The molecule has 0 bridgehead atoms. The van der Waals surface area contributed by atoms with Gasteiger partial charge in [0.1, 0.15) is 5.82 Å². The number of rotatable bonds is 4. The lowest BCUT2D eigenvalue weighted by atomic mass is 10.2. The summed E-state index contributed by atoms with van der Waals surface area (Å²) >= 11 is 2.95. The molecule has 0 saturated heterocycles. The van der Waals surface area contributed by atoms with E-state index in [0.717, 1.165) is 19.9 Å². The van der Waals surface area contributed by atoms with Crippen LogP contribution in [0.4, 0.5) is 4.39 Å². The fraction of sp³-hybridized carbons (Fsp3) is 0.111. The summed E-state index contributed by atoms with van der Waals surface area (Å²) in [6.07, 6.45) is 0.685. The average Bonchev–Trinajstić information content (AvgIpc) is 3.18. The van der Waals surface area contributed by atoms with Crippen molar-refractivity contribution in [1.29, 1.82) is 0 Å². The number of aromatic nitrogens is 1. The highest BCUT2D eigenvalue weighted by Gasteiger charge is 2.12. The molecule has 0 fully saturated rings. The first-order valence-electron chi connectivity index (χ1n) is 7.51. The lowest BCUT2D eigenvalue weighted by Gasteiger charge is -2.01. The summed E-state index contributed by atoms with van der Waals surface area (Å²) in [5.41, 5.74) is 0.990. The summed E-state index contributed by atoms with van der Waals surface area (Å²) < 4.78 is 15.6. The first kappa shape index (κ1) is 15.2. The molecule has 24 heavy (non-hydrogen) atoms. The van der Waals surface area contributed by atoms with E-state index in [2.05, 4.69) is 10.3 Å². The molecule has 0 unspecified atom stereocenters. The molecule has 0 aliphatic heterocycles. The van der Waals surface area contributed by atoms with E-state index in [4.69, 9.17) is 0 Å². The molecule has 0 saturated carbocycles. The van der Waals surface area contributed by atoms with Crippen LogP contribution >= 0.6 is 22.7 Å². The molecule has 1 N–H and O–H groups in total. The maximum absolute atomic E-state index is 13.7. The number of carbonyl (C=O) groups excluding carboxylic acids is 1. The molecule has 2 aromatic heterocycles. The largest absolute Gasteiger partial charge is 0.351 e. The Bertz CT molecular complexity index is 1000. The van der Waals surface area contributed by atoms with Crippen molar-refractivity contribution in [2.75, 3.05) is 6.54 Å². The number of halogens is 1. The van der Waals surface area contributed by atoms with Gasteiger partial charge in [-0.3, -0.25) is 4.79 Å². The molecule has 4 rings (SSSR count). The second kappa shape index (κ2) is 6.30. The third-order valence-electron chi connectivity index (χ3n) is 3.69. The van der Waals surface area contributed by atoms with Crippen LogP contribution in [-0.2, 0) is 6.42 Å². The third-order valence-corrected chi connectivity index (χ3v) is 5.89. The monoisotopic (exact) mass is 356 g/mol. The topological polar surface area (TPSA) is 42.0 Å². The van der Waals surface area contributed by atoms with E-state index in [1.54, 1.807) is 23.5 Å². The second-order valence-electron chi connectivity index (χ2n) is 5.34. The highest BCUT2D eigenvalue weighted by atomic mass is 32.1. The van der Waals surface area contributed by atoms with E-state index in [1.165, 1.54) is 17.4 Å². The highest BCUT2D eigenvalue weighted by Crippen LogP contribution is 2.27. The average molecular weight is 356 g/mol. The number of nitrogens with zero attached hydrogens (tertiary/aromatic N) is 1. The maximum atomic E-state index is 13.7. The molecule has 0 radical (unpaired) electrons. The molecule has 3 nitrogen and oxygen atoms in total.